The average Bonchev–Trinajstić information content (AvgIpc) is 2.45. The van der Waals surface area contributed by atoms with Crippen LogP contribution in [0, 0.1) is 17.8 Å². The molecule has 0 atom stereocenters. The predicted molar refractivity (Wildman–Crippen MR) is 83.9 cm³/mol. The van der Waals surface area contributed by atoms with Crippen molar-refractivity contribution < 1.29 is 9.53 Å². The van der Waals surface area contributed by atoms with Crippen LogP contribution in [0.3, 0.4) is 0 Å². The first-order valence-corrected chi connectivity index (χ1v) is 7.40. The van der Waals surface area contributed by atoms with Crippen molar-refractivity contribution in [1.29, 1.82) is 0 Å². The van der Waals surface area contributed by atoms with Gasteiger partial charge in [0, 0.05) is 19.0 Å². The van der Waals surface area contributed by atoms with E-state index in [0.29, 0.717) is 24.5 Å². The second kappa shape index (κ2) is 6.65. The average molecular weight is 302 g/mol. The van der Waals surface area contributed by atoms with Gasteiger partial charge in [0.1, 0.15) is 17.6 Å². The van der Waals surface area contributed by atoms with E-state index in [1.807, 2.05) is 20.8 Å². The van der Waals surface area contributed by atoms with Gasteiger partial charge in [0.2, 0.25) is 0 Å². The first kappa shape index (κ1) is 16.1. The maximum Gasteiger partial charge on any atom is 0.410 e. The van der Waals surface area contributed by atoms with Crippen LogP contribution in [0.25, 0.3) is 0 Å². The molecule has 22 heavy (non-hydrogen) atoms. The molecule has 6 heteroatoms. The van der Waals surface area contributed by atoms with E-state index in [2.05, 4.69) is 21.8 Å². The largest absolute Gasteiger partial charge is 0.444 e. The molecule has 0 spiro atoms. The minimum absolute atomic E-state index is 0.244. The number of nitrogens with zero attached hydrogens (tertiary/aromatic N) is 3. The Balaban J connectivity index is 1.88. The van der Waals surface area contributed by atoms with Gasteiger partial charge in [0.25, 0.3) is 0 Å². The van der Waals surface area contributed by atoms with Gasteiger partial charge >= 0.3 is 6.09 Å². The van der Waals surface area contributed by atoms with Gasteiger partial charge in [-0.15, -0.1) is 0 Å². The van der Waals surface area contributed by atoms with Crippen molar-refractivity contribution in [2.24, 2.45) is 5.92 Å². The van der Waals surface area contributed by atoms with E-state index in [-0.39, 0.29) is 12.0 Å². The van der Waals surface area contributed by atoms with Gasteiger partial charge in [-0.25, -0.2) is 14.8 Å². The van der Waals surface area contributed by atoms with Crippen LogP contribution in [0.2, 0.25) is 0 Å². The van der Waals surface area contributed by atoms with Crippen molar-refractivity contribution in [3.63, 3.8) is 0 Å². The molecule has 0 aliphatic carbocycles. The minimum Gasteiger partial charge on any atom is -0.444 e. The number of carbonyl (C=O) groups is 1. The highest BCUT2D eigenvalue weighted by Crippen LogP contribution is 2.19. The maximum atomic E-state index is 12.0. The SMILES string of the molecule is CC(C)(C)OC(=O)N1CCC(C#Cc2ncncc2N)CC1. The third-order valence-electron chi connectivity index (χ3n) is 3.28. The molecule has 0 bridgehead atoms. The van der Waals surface area contributed by atoms with Crippen LogP contribution in [0.1, 0.15) is 39.3 Å². The number of nitrogen functional groups attached to an aromatic ring is 1. The fourth-order valence-electron chi connectivity index (χ4n) is 2.15. The van der Waals surface area contributed by atoms with Gasteiger partial charge in [0.15, 0.2) is 0 Å². The molecule has 0 saturated carbocycles. The summed E-state index contributed by atoms with van der Waals surface area (Å²) in [5.74, 6) is 6.44. The van der Waals surface area contributed by atoms with Crippen molar-refractivity contribution in [2.75, 3.05) is 18.8 Å². The number of piperidine rings is 1. The number of amides is 1. The van der Waals surface area contributed by atoms with Crippen molar-refractivity contribution in [3.8, 4) is 11.8 Å². The lowest BCUT2D eigenvalue weighted by Gasteiger charge is -2.31. The molecule has 1 saturated heterocycles. The van der Waals surface area contributed by atoms with Crippen LogP contribution >= 0.6 is 0 Å². The number of carbonyl (C=O) groups excluding carboxylic acids is 1. The van der Waals surface area contributed by atoms with Crippen molar-refractivity contribution >= 4 is 11.8 Å². The molecule has 1 aromatic rings. The molecule has 2 heterocycles. The zero-order valence-electron chi connectivity index (χ0n) is 13.3. The summed E-state index contributed by atoms with van der Waals surface area (Å²) in [6.07, 6.45) is 4.39. The standard InChI is InChI=1S/C16H22N4O2/c1-16(2,3)22-15(21)20-8-6-12(7-9-20)4-5-14-13(17)10-18-11-19-14/h10-12H,6-9,17H2,1-3H3. The van der Waals surface area contributed by atoms with E-state index in [0.717, 1.165) is 12.8 Å². The number of hydrogen-bond donors (Lipinski definition) is 1. The normalized spacial score (nSPS) is 15.9. The first-order chi connectivity index (χ1) is 10.3. The summed E-state index contributed by atoms with van der Waals surface area (Å²) in [6, 6.07) is 0. The van der Waals surface area contributed by atoms with Gasteiger partial charge in [-0.3, -0.25) is 0 Å². The fraction of sp³-hybridized carbons (Fsp3) is 0.562. The van der Waals surface area contributed by atoms with Crippen LogP contribution in [0.5, 0.6) is 0 Å². The number of ether oxygens (including phenoxy) is 1. The lowest BCUT2D eigenvalue weighted by atomic mass is 9.97. The monoisotopic (exact) mass is 302 g/mol. The zero-order valence-corrected chi connectivity index (χ0v) is 13.3. The topological polar surface area (TPSA) is 81.3 Å². The third-order valence-corrected chi connectivity index (χ3v) is 3.28. The molecule has 1 aliphatic heterocycles. The van der Waals surface area contributed by atoms with Crippen LogP contribution in [0.15, 0.2) is 12.5 Å². The Morgan fingerprint density at radius 2 is 2.09 bits per heavy atom. The Labute approximate surface area is 131 Å². The number of rotatable bonds is 0. The molecule has 1 fully saturated rings. The smallest absolute Gasteiger partial charge is 0.410 e. The molecule has 2 rings (SSSR count). The van der Waals surface area contributed by atoms with Crippen molar-refractivity contribution in [3.05, 3.63) is 18.2 Å². The molecule has 1 amide bonds. The fourth-order valence-corrected chi connectivity index (χ4v) is 2.15. The molecule has 0 unspecified atom stereocenters. The van der Waals surface area contributed by atoms with Crippen LogP contribution in [-0.4, -0.2) is 39.7 Å². The summed E-state index contributed by atoms with van der Waals surface area (Å²) < 4.78 is 5.37. The number of anilines is 1. The van der Waals surface area contributed by atoms with E-state index in [4.69, 9.17) is 10.5 Å². The van der Waals surface area contributed by atoms with Gasteiger partial charge in [-0.2, -0.15) is 0 Å². The third kappa shape index (κ3) is 4.62. The molecule has 0 radical (unpaired) electrons. The number of hydrogen-bond acceptors (Lipinski definition) is 5. The predicted octanol–water partition coefficient (Wildman–Crippen LogP) is 2.06. The molecular weight excluding hydrogens is 280 g/mol. The van der Waals surface area contributed by atoms with Gasteiger partial charge in [-0.05, 0) is 39.5 Å². The quantitative estimate of drug-likeness (QED) is 0.742. The molecule has 2 N–H and O–H groups in total. The Bertz CT molecular complexity index is 590. The van der Waals surface area contributed by atoms with Crippen LogP contribution < -0.4 is 5.73 Å². The summed E-state index contributed by atoms with van der Waals surface area (Å²) in [4.78, 5) is 21.6. The van der Waals surface area contributed by atoms with Gasteiger partial charge < -0.3 is 15.4 Å². The summed E-state index contributed by atoms with van der Waals surface area (Å²) in [5.41, 5.74) is 6.35. The van der Waals surface area contributed by atoms with Gasteiger partial charge in [-0.1, -0.05) is 5.92 Å². The van der Waals surface area contributed by atoms with E-state index < -0.39 is 5.60 Å². The van der Waals surface area contributed by atoms with Gasteiger partial charge in [0.05, 0.1) is 11.9 Å². The van der Waals surface area contributed by atoms with Crippen molar-refractivity contribution in [1.82, 2.24) is 14.9 Å². The highest BCUT2D eigenvalue weighted by molar-refractivity contribution is 5.68. The summed E-state index contributed by atoms with van der Waals surface area (Å²) in [5, 5.41) is 0. The highest BCUT2D eigenvalue weighted by Gasteiger charge is 2.26. The van der Waals surface area contributed by atoms with E-state index in [1.165, 1.54) is 6.33 Å². The molecule has 1 aromatic heterocycles. The first-order valence-electron chi connectivity index (χ1n) is 7.40. The summed E-state index contributed by atoms with van der Waals surface area (Å²) >= 11 is 0. The van der Waals surface area contributed by atoms with E-state index in [9.17, 15) is 4.79 Å². The Hall–Kier alpha value is -2.29. The second-order valence-corrected chi connectivity index (χ2v) is 6.34. The molecule has 1 aliphatic rings. The number of aromatic nitrogens is 2. The van der Waals surface area contributed by atoms with E-state index >= 15 is 0 Å². The zero-order chi connectivity index (χ0) is 16.2. The Kier molecular flexibility index (Phi) is 4.86. The second-order valence-electron chi connectivity index (χ2n) is 6.34. The Morgan fingerprint density at radius 1 is 1.41 bits per heavy atom. The maximum absolute atomic E-state index is 12.0. The highest BCUT2D eigenvalue weighted by atomic mass is 16.6. The van der Waals surface area contributed by atoms with Crippen molar-refractivity contribution in [2.45, 2.75) is 39.2 Å². The number of nitrogens with two attached hydrogens (primary N) is 1. The minimum atomic E-state index is -0.460. The molecular formula is C16H22N4O2. The lowest BCUT2D eigenvalue weighted by molar-refractivity contribution is 0.0199. The Morgan fingerprint density at radius 3 is 2.68 bits per heavy atom. The lowest BCUT2D eigenvalue weighted by Crippen LogP contribution is -2.41. The summed E-state index contributed by atoms with van der Waals surface area (Å²) in [7, 11) is 0. The number of likely N-dealkylation sites (tertiary alicyclic amines) is 1. The molecule has 0 aromatic carbocycles. The molecule has 6 nitrogen and oxygen atoms in total. The van der Waals surface area contributed by atoms with E-state index in [1.54, 1.807) is 11.1 Å². The summed E-state index contributed by atoms with van der Waals surface area (Å²) in [6.45, 7) is 6.93. The van der Waals surface area contributed by atoms with Crippen LogP contribution in [0.4, 0.5) is 10.5 Å². The van der Waals surface area contributed by atoms with Crippen LogP contribution in [-0.2, 0) is 4.74 Å². The molecule has 118 valence electrons.